The summed E-state index contributed by atoms with van der Waals surface area (Å²) in [6.45, 7) is 3.79. The molecule has 0 bridgehead atoms. The zero-order valence-electron chi connectivity index (χ0n) is 11.4. The summed E-state index contributed by atoms with van der Waals surface area (Å²) >= 11 is 0. The Morgan fingerprint density at radius 1 is 1.21 bits per heavy atom. The highest BCUT2D eigenvalue weighted by Crippen LogP contribution is 2.34. The highest BCUT2D eigenvalue weighted by atomic mass is 16.5. The van der Waals surface area contributed by atoms with Crippen molar-refractivity contribution in [1.29, 1.82) is 0 Å². The molecule has 1 N–H and O–H groups in total. The molecule has 5 nitrogen and oxygen atoms in total. The number of urea groups is 1. The largest absolute Gasteiger partial charge is 0.495 e. The van der Waals surface area contributed by atoms with Gasteiger partial charge in [-0.3, -0.25) is 4.79 Å². The van der Waals surface area contributed by atoms with E-state index in [9.17, 15) is 9.59 Å². The van der Waals surface area contributed by atoms with Crippen LogP contribution in [0.2, 0.25) is 0 Å². The van der Waals surface area contributed by atoms with E-state index < -0.39 is 11.6 Å². The summed E-state index contributed by atoms with van der Waals surface area (Å²) in [5.41, 5.74) is -0.311. The van der Waals surface area contributed by atoms with Crippen molar-refractivity contribution in [2.75, 3.05) is 12.0 Å². The Morgan fingerprint density at radius 3 is 2.37 bits per heavy atom. The average molecular weight is 262 g/mol. The molecule has 0 radical (unpaired) electrons. The van der Waals surface area contributed by atoms with Crippen LogP contribution < -0.4 is 15.0 Å². The van der Waals surface area contributed by atoms with Crippen LogP contribution in [0.15, 0.2) is 24.3 Å². The molecule has 1 aromatic carbocycles. The van der Waals surface area contributed by atoms with Crippen LogP contribution in [0.5, 0.6) is 5.75 Å². The maximum atomic E-state index is 12.6. The quantitative estimate of drug-likeness (QED) is 0.847. The molecule has 1 aliphatic rings. The Kier molecular flexibility index (Phi) is 3.46. The Morgan fingerprint density at radius 2 is 1.84 bits per heavy atom. The molecule has 0 saturated carbocycles. The molecule has 0 atom stereocenters. The molecule has 1 heterocycles. The number of nitrogens with zero attached hydrogens (tertiary/aromatic N) is 1. The third kappa shape index (κ3) is 1.95. The van der Waals surface area contributed by atoms with Crippen LogP contribution >= 0.6 is 0 Å². The molecule has 0 spiro atoms. The Labute approximate surface area is 112 Å². The summed E-state index contributed by atoms with van der Waals surface area (Å²) in [4.78, 5) is 25.9. The van der Waals surface area contributed by atoms with Gasteiger partial charge in [-0.1, -0.05) is 26.0 Å². The number of amides is 3. The summed E-state index contributed by atoms with van der Waals surface area (Å²) in [6, 6.07) is 6.62. The second-order valence-electron chi connectivity index (χ2n) is 4.53. The van der Waals surface area contributed by atoms with Crippen LogP contribution in [0, 0.1) is 0 Å². The minimum Gasteiger partial charge on any atom is -0.495 e. The van der Waals surface area contributed by atoms with Crippen molar-refractivity contribution < 1.29 is 14.3 Å². The lowest BCUT2D eigenvalue weighted by atomic mass is 9.93. The number of methoxy groups -OCH3 is 1. The molecule has 1 aliphatic heterocycles. The lowest BCUT2D eigenvalue weighted by Crippen LogP contribution is -2.45. The molecular formula is C14H18N2O3. The first-order valence-electron chi connectivity index (χ1n) is 6.39. The number of rotatable bonds is 4. The van der Waals surface area contributed by atoms with Gasteiger partial charge in [0.2, 0.25) is 0 Å². The van der Waals surface area contributed by atoms with Gasteiger partial charge >= 0.3 is 6.03 Å². The number of hydrogen-bond acceptors (Lipinski definition) is 3. The van der Waals surface area contributed by atoms with Gasteiger partial charge in [-0.2, -0.15) is 0 Å². The first-order chi connectivity index (χ1) is 9.09. The average Bonchev–Trinajstić information content (AvgIpc) is 2.70. The third-order valence-corrected chi connectivity index (χ3v) is 3.69. The van der Waals surface area contributed by atoms with E-state index in [4.69, 9.17) is 4.74 Å². The predicted molar refractivity (Wildman–Crippen MR) is 72.3 cm³/mol. The van der Waals surface area contributed by atoms with Crippen molar-refractivity contribution in [1.82, 2.24) is 5.32 Å². The van der Waals surface area contributed by atoms with E-state index in [0.717, 1.165) is 0 Å². The van der Waals surface area contributed by atoms with Crippen molar-refractivity contribution >= 4 is 17.6 Å². The topological polar surface area (TPSA) is 58.6 Å². The van der Waals surface area contributed by atoms with Gasteiger partial charge in [0.25, 0.3) is 5.91 Å². The van der Waals surface area contributed by atoms with E-state index >= 15 is 0 Å². The lowest BCUT2D eigenvalue weighted by molar-refractivity contribution is -0.122. The van der Waals surface area contributed by atoms with Gasteiger partial charge in [-0.05, 0) is 25.0 Å². The summed E-state index contributed by atoms with van der Waals surface area (Å²) in [6.07, 6.45) is 1.14. The molecule has 2 rings (SSSR count). The number of anilines is 1. The molecule has 19 heavy (non-hydrogen) atoms. The lowest BCUT2D eigenvalue weighted by Gasteiger charge is -2.23. The smallest absolute Gasteiger partial charge is 0.329 e. The first-order valence-corrected chi connectivity index (χ1v) is 6.39. The van der Waals surface area contributed by atoms with E-state index in [1.165, 1.54) is 12.0 Å². The summed E-state index contributed by atoms with van der Waals surface area (Å²) in [5, 5.41) is 2.80. The van der Waals surface area contributed by atoms with Crippen molar-refractivity contribution in [3.8, 4) is 5.75 Å². The zero-order chi connectivity index (χ0) is 14.0. The Bertz CT molecular complexity index is 509. The minimum atomic E-state index is -0.794. The number of benzene rings is 1. The number of ether oxygens (including phenoxy) is 1. The monoisotopic (exact) mass is 262 g/mol. The highest BCUT2D eigenvalue weighted by molar-refractivity contribution is 6.23. The van der Waals surface area contributed by atoms with Gasteiger partial charge in [-0.25, -0.2) is 9.69 Å². The molecule has 5 heteroatoms. The summed E-state index contributed by atoms with van der Waals surface area (Å²) in [7, 11) is 1.52. The molecule has 3 amide bonds. The molecule has 102 valence electrons. The second-order valence-corrected chi connectivity index (χ2v) is 4.53. The summed E-state index contributed by atoms with van der Waals surface area (Å²) < 4.78 is 5.22. The number of para-hydroxylation sites is 2. The van der Waals surface area contributed by atoms with Gasteiger partial charge in [0, 0.05) is 0 Å². The van der Waals surface area contributed by atoms with Gasteiger partial charge < -0.3 is 10.1 Å². The normalized spacial score (nSPS) is 17.5. The number of nitrogens with one attached hydrogen (secondary N) is 1. The SMILES string of the molecule is CCC1(CC)NC(=O)N(c2ccccc2OC)C1=O. The third-order valence-electron chi connectivity index (χ3n) is 3.69. The number of imide groups is 1. The molecule has 1 aromatic rings. The van der Waals surface area contributed by atoms with Crippen LogP contribution in [0.1, 0.15) is 26.7 Å². The Balaban J connectivity index is 2.46. The van der Waals surface area contributed by atoms with Gasteiger partial charge in [0.15, 0.2) is 0 Å². The standard InChI is InChI=1S/C14H18N2O3/c1-4-14(5-2)12(17)16(13(18)15-14)10-8-6-7-9-11(10)19-3/h6-9H,4-5H2,1-3H3,(H,15,18). The molecular weight excluding hydrogens is 244 g/mol. The molecule has 0 aliphatic carbocycles. The second kappa shape index (κ2) is 4.91. The minimum absolute atomic E-state index is 0.216. The number of hydrogen-bond donors (Lipinski definition) is 1. The van der Waals surface area contributed by atoms with Crippen LogP contribution in [-0.4, -0.2) is 24.6 Å². The van der Waals surface area contributed by atoms with E-state index in [-0.39, 0.29) is 5.91 Å². The summed E-state index contributed by atoms with van der Waals surface area (Å²) in [5.74, 6) is 0.293. The van der Waals surface area contributed by atoms with Crippen molar-refractivity contribution in [2.24, 2.45) is 0 Å². The van der Waals surface area contributed by atoms with Crippen molar-refractivity contribution in [2.45, 2.75) is 32.2 Å². The van der Waals surface area contributed by atoms with Crippen LogP contribution in [0.25, 0.3) is 0 Å². The highest BCUT2D eigenvalue weighted by Gasteiger charge is 2.49. The van der Waals surface area contributed by atoms with Crippen LogP contribution in [-0.2, 0) is 4.79 Å². The number of carbonyl (C=O) groups is 2. The zero-order valence-corrected chi connectivity index (χ0v) is 11.4. The molecule has 0 unspecified atom stereocenters. The fourth-order valence-corrected chi connectivity index (χ4v) is 2.38. The van der Waals surface area contributed by atoms with Crippen molar-refractivity contribution in [3.05, 3.63) is 24.3 Å². The fourth-order valence-electron chi connectivity index (χ4n) is 2.38. The molecule has 1 fully saturated rings. The van der Waals surface area contributed by atoms with E-state index in [1.807, 2.05) is 13.8 Å². The van der Waals surface area contributed by atoms with Crippen LogP contribution in [0.3, 0.4) is 0 Å². The Hall–Kier alpha value is -2.04. The van der Waals surface area contributed by atoms with Gasteiger partial charge in [-0.15, -0.1) is 0 Å². The van der Waals surface area contributed by atoms with E-state index in [0.29, 0.717) is 24.3 Å². The molecule has 1 saturated heterocycles. The predicted octanol–water partition coefficient (Wildman–Crippen LogP) is 2.31. The van der Waals surface area contributed by atoms with Crippen LogP contribution in [0.4, 0.5) is 10.5 Å². The maximum Gasteiger partial charge on any atom is 0.329 e. The molecule has 0 aromatic heterocycles. The number of carbonyl (C=O) groups excluding carboxylic acids is 2. The first kappa shape index (κ1) is 13.4. The van der Waals surface area contributed by atoms with E-state index in [2.05, 4.69) is 5.32 Å². The fraction of sp³-hybridized carbons (Fsp3) is 0.429. The van der Waals surface area contributed by atoms with Gasteiger partial charge in [0.05, 0.1) is 12.8 Å². The maximum absolute atomic E-state index is 12.6. The van der Waals surface area contributed by atoms with E-state index in [1.54, 1.807) is 24.3 Å². The van der Waals surface area contributed by atoms with Crippen molar-refractivity contribution in [3.63, 3.8) is 0 Å². The van der Waals surface area contributed by atoms with Gasteiger partial charge in [0.1, 0.15) is 11.3 Å².